The maximum absolute atomic E-state index is 13.6. The van der Waals surface area contributed by atoms with Gasteiger partial charge in [-0.25, -0.2) is 4.39 Å². The molecule has 0 saturated carbocycles. The summed E-state index contributed by atoms with van der Waals surface area (Å²) in [5.41, 5.74) is -0.188. The predicted octanol–water partition coefficient (Wildman–Crippen LogP) is 5.65. The molecule has 1 atom stereocenters. The lowest BCUT2D eigenvalue weighted by molar-refractivity contribution is 0.0476. The van der Waals surface area contributed by atoms with Crippen LogP contribution in [-0.4, -0.2) is 10.7 Å². The molecule has 0 saturated heterocycles. The maximum atomic E-state index is 13.6. The van der Waals surface area contributed by atoms with Crippen LogP contribution in [0.5, 0.6) is 0 Å². The van der Waals surface area contributed by atoms with Crippen molar-refractivity contribution < 1.29 is 9.50 Å². The third-order valence-electron chi connectivity index (χ3n) is 4.10. The van der Waals surface area contributed by atoms with Gasteiger partial charge >= 0.3 is 0 Å². The summed E-state index contributed by atoms with van der Waals surface area (Å²) < 4.78 is 13.6. The van der Waals surface area contributed by atoms with Crippen molar-refractivity contribution in [3.63, 3.8) is 0 Å². The summed E-state index contributed by atoms with van der Waals surface area (Å²) in [6, 6.07) is 6.73. The van der Waals surface area contributed by atoms with Crippen molar-refractivity contribution in [3.05, 3.63) is 35.6 Å². The minimum absolute atomic E-state index is 0.214. The van der Waals surface area contributed by atoms with E-state index in [1.54, 1.807) is 12.1 Å². The van der Waals surface area contributed by atoms with Crippen LogP contribution in [0.15, 0.2) is 24.3 Å². The third-order valence-corrected chi connectivity index (χ3v) is 4.10. The van der Waals surface area contributed by atoms with E-state index in [0.717, 1.165) is 12.8 Å². The van der Waals surface area contributed by atoms with Gasteiger partial charge in [0.05, 0.1) is 5.60 Å². The van der Waals surface area contributed by atoms with Crippen LogP contribution in [-0.2, 0) is 6.42 Å². The van der Waals surface area contributed by atoms with Gasteiger partial charge in [-0.05, 0) is 25.0 Å². The lowest BCUT2D eigenvalue weighted by Gasteiger charge is -2.23. The van der Waals surface area contributed by atoms with Gasteiger partial charge in [-0.3, -0.25) is 0 Å². The molecule has 120 valence electrons. The second-order valence-corrected chi connectivity index (χ2v) is 6.49. The Bertz CT molecular complexity index is 387. The highest BCUT2D eigenvalue weighted by Crippen LogP contribution is 2.22. The van der Waals surface area contributed by atoms with E-state index in [4.69, 9.17) is 0 Å². The molecule has 0 aliphatic rings. The molecule has 0 aliphatic heterocycles. The normalized spacial score (nSPS) is 14.1. The number of halogens is 1. The van der Waals surface area contributed by atoms with Gasteiger partial charge in [0, 0.05) is 6.42 Å². The van der Waals surface area contributed by atoms with Gasteiger partial charge in [0.1, 0.15) is 5.82 Å². The van der Waals surface area contributed by atoms with Crippen LogP contribution in [0.2, 0.25) is 0 Å². The quantitative estimate of drug-likeness (QED) is 0.523. The summed E-state index contributed by atoms with van der Waals surface area (Å²) in [5.74, 6) is -0.214. The first kappa shape index (κ1) is 18.2. The highest BCUT2D eigenvalue weighted by molar-refractivity contribution is 5.19. The van der Waals surface area contributed by atoms with Gasteiger partial charge in [0.15, 0.2) is 0 Å². The fourth-order valence-electron chi connectivity index (χ4n) is 2.78. The number of hydrogen-bond acceptors (Lipinski definition) is 1. The minimum Gasteiger partial charge on any atom is -0.390 e. The Morgan fingerprint density at radius 2 is 1.52 bits per heavy atom. The molecule has 1 nitrogen and oxygen atoms in total. The summed E-state index contributed by atoms with van der Waals surface area (Å²) >= 11 is 0. The molecule has 0 amide bonds. The largest absolute Gasteiger partial charge is 0.390 e. The topological polar surface area (TPSA) is 20.2 Å². The zero-order chi connectivity index (χ0) is 15.6. The van der Waals surface area contributed by atoms with Crippen molar-refractivity contribution in [1.29, 1.82) is 0 Å². The SMILES string of the molecule is CCCCCCCCCCC(C)(O)Cc1ccccc1F. The fourth-order valence-corrected chi connectivity index (χ4v) is 2.78. The number of hydrogen-bond donors (Lipinski definition) is 1. The first-order valence-electron chi connectivity index (χ1n) is 8.51. The smallest absolute Gasteiger partial charge is 0.126 e. The molecule has 1 aromatic carbocycles. The lowest BCUT2D eigenvalue weighted by atomic mass is 9.90. The zero-order valence-electron chi connectivity index (χ0n) is 13.7. The monoisotopic (exact) mass is 294 g/mol. The average molecular weight is 294 g/mol. The molecule has 1 unspecified atom stereocenters. The minimum atomic E-state index is -0.801. The molecular weight excluding hydrogens is 263 g/mol. The molecule has 2 heteroatoms. The Morgan fingerprint density at radius 3 is 2.14 bits per heavy atom. The van der Waals surface area contributed by atoms with Gasteiger partial charge in [-0.15, -0.1) is 0 Å². The second-order valence-electron chi connectivity index (χ2n) is 6.49. The standard InChI is InChI=1S/C19H31FO/c1-3-4-5-6-7-8-9-12-15-19(2,21)16-17-13-10-11-14-18(17)20/h10-11,13-14,21H,3-9,12,15-16H2,1-2H3. The van der Waals surface area contributed by atoms with Crippen LogP contribution in [0.1, 0.15) is 77.2 Å². The molecule has 0 radical (unpaired) electrons. The number of unbranched alkanes of at least 4 members (excludes halogenated alkanes) is 7. The zero-order valence-corrected chi connectivity index (χ0v) is 13.7. The molecule has 0 aliphatic carbocycles. The van der Waals surface area contributed by atoms with E-state index < -0.39 is 5.60 Å². The Morgan fingerprint density at radius 1 is 0.952 bits per heavy atom. The van der Waals surface area contributed by atoms with E-state index in [2.05, 4.69) is 6.92 Å². The Labute approximate surface area is 129 Å². The van der Waals surface area contributed by atoms with E-state index in [1.807, 2.05) is 13.0 Å². The van der Waals surface area contributed by atoms with Crippen LogP contribution >= 0.6 is 0 Å². The summed E-state index contributed by atoms with van der Waals surface area (Å²) in [6.07, 6.45) is 11.2. The van der Waals surface area contributed by atoms with Gasteiger partial charge in [0.2, 0.25) is 0 Å². The molecule has 0 spiro atoms. The molecule has 21 heavy (non-hydrogen) atoms. The highest BCUT2D eigenvalue weighted by Gasteiger charge is 2.21. The van der Waals surface area contributed by atoms with E-state index in [1.165, 1.54) is 51.0 Å². The van der Waals surface area contributed by atoms with Crippen LogP contribution in [0.25, 0.3) is 0 Å². The Kier molecular flexibility index (Phi) is 8.60. The molecule has 0 aromatic heterocycles. The molecule has 1 aromatic rings. The summed E-state index contributed by atoms with van der Waals surface area (Å²) in [4.78, 5) is 0. The number of rotatable bonds is 11. The average Bonchev–Trinajstić information content (AvgIpc) is 2.44. The summed E-state index contributed by atoms with van der Waals surface area (Å²) in [7, 11) is 0. The van der Waals surface area contributed by atoms with Crippen LogP contribution in [0.3, 0.4) is 0 Å². The van der Waals surface area contributed by atoms with Gasteiger partial charge in [-0.2, -0.15) is 0 Å². The number of benzene rings is 1. The second kappa shape index (κ2) is 9.94. The third kappa shape index (κ3) is 8.21. The van der Waals surface area contributed by atoms with Crippen LogP contribution in [0.4, 0.5) is 4.39 Å². The van der Waals surface area contributed by atoms with Gasteiger partial charge in [0.25, 0.3) is 0 Å². The summed E-state index contributed by atoms with van der Waals surface area (Å²) in [5, 5.41) is 10.4. The number of aliphatic hydroxyl groups is 1. The first-order valence-corrected chi connectivity index (χ1v) is 8.51. The van der Waals surface area contributed by atoms with E-state index in [0.29, 0.717) is 12.0 Å². The molecular formula is C19H31FO. The van der Waals surface area contributed by atoms with Crippen LogP contribution < -0.4 is 0 Å². The van der Waals surface area contributed by atoms with Crippen molar-refractivity contribution in [3.8, 4) is 0 Å². The molecule has 0 fully saturated rings. The predicted molar refractivity (Wildman–Crippen MR) is 88.0 cm³/mol. The fraction of sp³-hybridized carbons (Fsp3) is 0.684. The highest BCUT2D eigenvalue weighted by atomic mass is 19.1. The first-order chi connectivity index (χ1) is 10.0. The van der Waals surface area contributed by atoms with Crippen molar-refractivity contribution >= 4 is 0 Å². The molecule has 0 heterocycles. The molecule has 1 rings (SSSR count). The van der Waals surface area contributed by atoms with Gasteiger partial charge in [-0.1, -0.05) is 76.5 Å². The van der Waals surface area contributed by atoms with Crippen molar-refractivity contribution in [1.82, 2.24) is 0 Å². The van der Waals surface area contributed by atoms with Crippen molar-refractivity contribution in [2.75, 3.05) is 0 Å². The van der Waals surface area contributed by atoms with E-state index in [9.17, 15) is 9.50 Å². The Hall–Kier alpha value is -0.890. The summed E-state index contributed by atoms with van der Waals surface area (Å²) in [6.45, 7) is 4.05. The Balaban J connectivity index is 2.17. The van der Waals surface area contributed by atoms with E-state index >= 15 is 0 Å². The van der Waals surface area contributed by atoms with E-state index in [-0.39, 0.29) is 5.82 Å². The molecule has 0 bridgehead atoms. The van der Waals surface area contributed by atoms with Crippen LogP contribution in [0, 0.1) is 5.82 Å². The molecule has 1 N–H and O–H groups in total. The van der Waals surface area contributed by atoms with Crippen molar-refractivity contribution in [2.24, 2.45) is 0 Å². The maximum Gasteiger partial charge on any atom is 0.126 e. The lowest BCUT2D eigenvalue weighted by Crippen LogP contribution is -2.27. The van der Waals surface area contributed by atoms with Gasteiger partial charge < -0.3 is 5.11 Å². The van der Waals surface area contributed by atoms with Crippen molar-refractivity contribution in [2.45, 2.75) is 83.7 Å².